The van der Waals surface area contributed by atoms with E-state index in [-0.39, 0.29) is 17.6 Å². The highest BCUT2D eigenvalue weighted by Crippen LogP contribution is 2.18. The van der Waals surface area contributed by atoms with Crippen LogP contribution in [0.25, 0.3) is 10.9 Å². The van der Waals surface area contributed by atoms with E-state index in [0.29, 0.717) is 16.6 Å². The Kier molecular flexibility index (Phi) is 2.31. The first kappa shape index (κ1) is 9.30. The second-order valence-electron chi connectivity index (χ2n) is 2.80. The lowest BCUT2D eigenvalue weighted by Crippen LogP contribution is -2.02. The van der Waals surface area contributed by atoms with Crippen molar-refractivity contribution < 1.29 is 4.39 Å². The first-order chi connectivity index (χ1) is 6.70. The molecule has 3 nitrogen and oxygen atoms in total. The molecule has 0 saturated heterocycles. The van der Waals surface area contributed by atoms with E-state index in [2.05, 4.69) is 9.97 Å². The number of halogens is 2. The van der Waals surface area contributed by atoms with E-state index in [0.717, 1.165) is 0 Å². The largest absolute Gasteiger partial charge is 0.325 e. The first-order valence-electron chi connectivity index (χ1n) is 4.02. The Morgan fingerprint density at radius 3 is 2.86 bits per heavy atom. The van der Waals surface area contributed by atoms with Gasteiger partial charge in [-0.15, -0.1) is 0 Å². The summed E-state index contributed by atoms with van der Waals surface area (Å²) in [6.07, 6.45) is 0. The van der Waals surface area contributed by atoms with Gasteiger partial charge in [0, 0.05) is 11.9 Å². The predicted octanol–water partition coefficient (Wildman–Crippen LogP) is 1.88. The summed E-state index contributed by atoms with van der Waals surface area (Å²) < 4.78 is 12.9. The zero-order valence-corrected chi connectivity index (χ0v) is 7.92. The molecule has 0 atom stereocenters. The van der Waals surface area contributed by atoms with Crippen molar-refractivity contribution in [3.63, 3.8) is 0 Å². The highest BCUT2D eigenvalue weighted by atomic mass is 35.5. The number of rotatable bonds is 1. The summed E-state index contributed by atoms with van der Waals surface area (Å²) in [7, 11) is 0. The summed E-state index contributed by atoms with van der Waals surface area (Å²) >= 11 is 5.67. The number of hydrogen-bond donors (Lipinski definition) is 1. The van der Waals surface area contributed by atoms with E-state index in [9.17, 15) is 4.39 Å². The van der Waals surface area contributed by atoms with E-state index in [1.807, 2.05) is 0 Å². The molecule has 0 aliphatic rings. The van der Waals surface area contributed by atoms with Crippen molar-refractivity contribution in [1.29, 1.82) is 0 Å². The molecule has 2 rings (SSSR count). The van der Waals surface area contributed by atoms with Crippen molar-refractivity contribution in [1.82, 2.24) is 9.97 Å². The minimum Gasteiger partial charge on any atom is -0.325 e. The van der Waals surface area contributed by atoms with Gasteiger partial charge in [0.1, 0.15) is 5.82 Å². The Balaban J connectivity index is 2.81. The molecule has 2 aromatic rings. The van der Waals surface area contributed by atoms with Gasteiger partial charge >= 0.3 is 0 Å². The summed E-state index contributed by atoms with van der Waals surface area (Å²) in [6.45, 7) is 0.211. The quantitative estimate of drug-likeness (QED) is 0.733. The third-order valence-electron chi connectivity index (χ3n) is 1.90. The van der Waals surface area contributed by atoms with Crippen LogP contribution < -0.4 is 5.73 Å². The molecule has 0 fully saturated rings. The van der Waals surface area contributed by atoms with Gasteiger partial charge in [-0.25, -0.2) is 14.4 Å². The maximum Gasteiger partial charge on any atom is 0.223 e. The summed E-state index contributed by atoms with van der Waals surface area (Å²) in [5.74, 6) is -0.335. The minimum atomic E-state index is -0.335. The van der Waals surface area contributed by atoms with Gasteiger partial charge < -0.3 is 5.73 Å². The van der Waals surface area contributed by atoms with Gasteiger partial charge in [0.05, 0.1) is 11.2 Å². The second kappa shape index (κ2) is 3.48. The molecule has 0 aliphatic heterocycles. The van der Waals surface area contributed by atoms with Crippen LogP contribution in [0.5, 0.6) is 0 Å². The second-order valence-corrected chi connectivity index (χ2v) is 3.14. The fraction of sp³-hybridized carbons (Fsp3) is 0.111. The molecule has 14 heavy (non-hydrogen) atoms. The van der Waals surface area contributed by atoms with E-state index in [1.54, 1.807) is 6.07 Å². The van der Waals surface area contributed by atoms with Crippen LogP contribution in [0.4, 0.5) is 4.39 Å². The highest BCUT2D eigenvalue weighted by molar-refractivity contribution is 6.28. The third kappa shape index (κ3) is 1.54. The molecule has 72 valence electrons. The molecule has 0 unspecified atom stereocenters. The van der Waals surface area contributed by atoms with Gasteiger partial charge in [0.2, 0.25) is 5.28 Å². The molecule has 2 N–H and O–H groups in total. The zero-order valence-electron chi connectivity index (χ0n) is 7.17. The van der Waals surface area contributed by atoms with Crippen LogP contribution in [0.3, 0.4) is 0 Å². The van der Waals surface area contributed by atoms with Crippen molar-refractivity contribution in [2.75, 3.05) is 0 Å². The first-order valence-corrected chi connectivity index (χ1v) is 4.40. The molecule has 0 bridgehead atoms. The molecule has 1 heterocycles. The fourth-order valence-electron chi connectivity index (χ4n) is 1.29. The SMILES string of the molecule is NCc1nc(Cl)nc2ccc(F)cc12. The molecule has 0 spiro atoms. The molecule has 0 saturated carbocycles. The normalized spacial score (nSPS) is 10.8. The molecule has 5 heteroatoms. The van der Waals surface area contributed by atoms with E-state index in [1.165, 1.54) is 12.1 Å². The van der Waals surface area contributed by atoms with Crippen molar-refractivity contribution in [2.24, 2.45) is 5.73 Å². The van der Waals surface area contributed by atoms with Crippen molar-refractivity contribution in [3.05, 3.63) is 35.0 Å². The zero-order chi connectivity index (χ0) is 10.1. The van der Waals surface area contributed by atoms with Crippen LogP contribution in [0, 0.1) is 5.82 Å². The third-order valence-corrected chi connectivity index (χ3v) is 2.07. The number of nitrogens with two attached hydrogens (primary N) is 1. The van der Waals surface area contributed by atoms with Gasteiger partial charge in [0.15, 0.2) is 0 Å². The average Bonchev–Trinajstić information content (AvgIpc) is 2.17. The van der Waals surface area contributed by atoms with Crippen LogP contribution in [0.2, 0.25) is 5.28 Å². The van der Waals surface area contributed by atoms with Crippen LogP contribution in [0.15, 0.2) is 18.2 Å². The Bertz CT molecular complexity index is 487. The van der Waals surface area contributed by atoms with Crippen LogP contribution in [-0.2, 0) is 6.54 Å². The maximum absolute atomic E-state index is 12.9. The summed E-state index contributed by atoms with van der Waals surface area (Å²) in [5.41, 5.74) is 6.62. The highest BCUT2D eigenvalue weighted by Gasteiger charge is 2.05. The van der Waals surface area contributed by atoms with Crippen LogP contribution in [0.1, 0.15) is 5.69 Å². The van der Waals surface area contributed by atoms with Crippen molar-refractivity contribution >= 4 is 22.5 Å². The lowest BCUT2D eigenvalue weighted by Gasteiger charge is -2.03. The molecular formula is C9H7ClFN3. The predicted molar refractivity (Wildman–Crippen MR) is 52.4 cm³/mol. The molecular weight excluding hydrogens is 205 g/mol. The topological polar surface area (TPSA) is 51.8 Å². The number of hydrogen-bond acceptors (Lipinski definition) is 3. The van der Waals surface area contributed by atoms with Crippen LogP contribution >= 0.6 is 11.6 Å². The van der Waals surface area contributed by atoms with Gasteiger partial charge in [-0.2, -0.15) is 0 Å². The van der Waals surface area contributed by atoms with Gasteiger partial charge in [-0.1, -0.05) is 0 Å². The Morgan fingerprint density at radius 1 is 1.36 bits per heavy atom. The number of benzene rings is 1. The Labute approximate surface area is 84.7 Å². The van der Waals surface area contributed by atoms with E-state index >= 15 is 0 Å². The average molecular weight is 212 g/mol. The van der Waals surface area contributed by atoms with Gasteiger partial charge in [-0.05, 0) is 29.8 Å². The molecule has 1 aromatic carbocycles. The molecule has 1 aromatic heterocycles. The smallest absolute Gasteiger partial charge is 0.223 e. The molecule has 0 amide bonds. The monoisotopic (exact) mass is 211 g/mol. The van der Waals surface area contributed by atoms with E-state index in [4.69, 9.17) is 17.3 Å². The summed E-state index contributed by atoms with van der Waals surface area (Å²) in [5, 5.41) is 0.737. The van der Waals surface area contributed by atoms with Crippen molar-refractivity contribution in [2.45, 2.75) is 6.54 Å². The number of aromatic nitrogens is 2. The minimum absolute atomic E-state index is 0.129. The van der Waals surface area contributed by atoms with Gasteiger partial charge in [0.25, 0.3) is 0 Å². The van der Waals surface area contributed by atoms with Gasteiger partial charge in [-0.3, -0.25) is 0 Å². The van der Waals surface area contributed by atoms with Crippen LogP contribution in [-0.4, -0.2) is 9.97 Å². The lowest BCUT2D eigenvalue weighted by molar-refractivity contribution is 0.629. The number of fused-ring (bicyclic) bond motifs is 1. The number of nitrogens with zero attached hydrogens (tertiary/aromatic N) is 2. The standard InChI is InChI=1S/C9H7ClFN3/c10-9-13-7-2-1-5(11)3-6(7)8(4-12)14-9/h1-3H,4,12H2. The Morgan fingerprint density at radius 2 is 2.14 bits per heavy atom. The fourth-order valence-corrected chi connectivity index (χ4v) is 1.48. The lowest BCUT2D eigenvalue weighted by atomic mass is 10.2. The van der Waals surface area contributed by atoms with E-state index < -0.39 is 0 Å². The summed E-state index contributed by atoms with van der Waals surface area (Å²) in [4.78, 5) is 7.88. The maximum atomic E-state index is 12.9. The molecule has 0 aliphatic carbocycles. The Hall–Kier alpha value is -1.26. The molecule has 0 radical (unpaired) electrons. The van der Waals surface area contributed by atoms with Crippen molar-refractivity contribution in [3.8, 4) is 0 Å². The summed E-state index contributed by atoms with van der Waals surface area (Å²) in [6, 6.07) is 4.23.